The van der Waals surface area contributed by atoms with Crippen LogP contribution in [0.2, 0.25) is 0 Å². The Labute approximate surface area is 134 Å². The number of phenolic OH excluding ortho intramolecular Hbond substituents is 1. The number of aryl methyl sites for hydroxylation is 1. The first kappa shape index (κ1) is 14.8. The molecular formula is C19H16N2O2. The highest BCUT2D eigenvalue weighted by molar-refractivity contribution is 5.74. The van der Waals surface area contributed by atoms with E-state index in [1.807, 2.05) is 37.3 Å². The number of anilines is 2. The van der Waals surface area contributed by atoms with Crippen molar-refractivity contribution in [2.75, 3.05) is 5.32 Å². The van der Waals surface area contributed by atoms with Crippen LogP contribution in [0.5, 0.6) is 5.75 Å². The Morgan fingerprint density at radius 1 is 1.00 bits per heavy atom. The Morgan fingerprint density at radius 3 is 2.35 bits per heavy atom. The molecule has 3 aromatic rings. The van der Waals surface area contributed by atoms with Crippen molar-refractivity contribution in [1.82, 2.24) is 4.98 Å². The molecule has 0 atom stereocenters. The van der Waals surface area contributed by atoms with Crippen LogP contribution in [0.25, 0.3) is 11.1 Å². The summed E-state index contributed by atoms with van der Waals surface area (Å²) in [5.41, 5.74) is 5.49. The summed E-state index contributed by atoms with van der Waals surface area (Å²) in [7, 11) is 0. The van der Waals surface area contributed by atoms with Gasteiger partial charge in [0.1, 0.15) is 11.4 Å². The molecule has 0 amide bonds. The molecule has 0 fully saturated rings. The van der Waals surface area contributed by atoms with E-state index >= 15 is 0 Å². The summed E-state index contributed by atoms with van der Waals surface area (Å²) in [6, 6.07) is 16.7. The van der Waals surface area contributed by atoms with E-state index in [4.69, 9.17) is 0 Å². The molecule has 0 unspecified atom stereocenters. The van der Waals surface area contributed by atoms with Gasteiger partial charge in [-0.3, -0.25) is 9.78 Å². The molecule has 2 N–H and O–H groups in total. The zero-order chi connectivity index (χ0) is 16.2. The monoisotopic (exact) mass is 304 g/mol. The van der Waals surface area contributed by atoms with E-state index in [1.165, 1.54) is 0 Å². The first-order valence-corrected chi connectivity index (χ1v) is 7.24. The topological polar surface area (TPSA) is 62.2 Å². The molecule has 23 heavy (non-hydrogen) atoms. The molecule has 114 valence electrons. The quantitative estimate of drug-likeness (QED) is 0.705. The fourth-order valence-corrected chi connectivity index (χ4v) is 2.42. The van der Waals surface area contributed by atoms with Crippen molar-refractivity contribution in [3.63, 3.8) is 0 Å². The van der Waals surface area contributed by atoms with Crippen LogP contribution < -0.4 is 5.32 Å². The summed E-state index contributed by atoms with van der Waals surface area (Å²) in [6.07, 6.45) is 2.35. The van der Waals surface area contributed by atoms with Crippen molar-refractivity contribution in [2.45, 2.75) is 6.92 Å². The number of nitrogens with zero attached hydrogens (tertiary/aromatic N) is 1. The number of aldehydes is 1. The molecule has 0 saturated carbocycles. The fourth-order valence-electron chi connectivity index (χ4n) is 2.42. The van der Waals surface area contributed by atoms with Gasteiger partial charge in [0.15, 0.2) is 6.29 Å². The van der Waals surface area contributed by atoms with Gasteiger partial charge in [-0.15, -0.1) is 0 Å². The Balaban J connectivity index is 1.83. The van der Waals surface area contributed by atoms with Gasteiger partial charge >= 0.3 is 0 Å². The van der Waals surface area contributed by atoms with Crippen molar-refractivity contribution >= 4 is 17.7 Å². The Bertz CT molecular complexity index is 825. The van der Waals surface area contributed by atoms with Gasteiger partial charge in [-0.05, 0) is 60.0 Å². The van der Waals surface area contributed by atoms with Crippen LogP contribution in [0.3, 0.4) is 0 Å². The second-order valence-electron chi connectivity index (χ2n) is 5.29. The van der Waals surface area contributed by atoms with Gasteiger partial charge in [-0.1, -0.05) is 18.2 Å². The number of hydrogen-bond donors (Lipinski definition) is 2. The third kappa shape index (κ3) is 3.37. The number of rotatable bonds is 4. The first-order chi connectivity index (χ1) is 11.2. The number of benzene rings is 2. The van der Waals surface area contributed by atoms with E-state index in [-0.39, 0.29) is 5.75 Å². The minimum Gasteiger partial charge on any atom is -0.508 e. The summed E-state index contributed by atoms with van der Waals surface area (Å²) < 4.78 is 0. The Kier molecular flexibility index (Phi) is 4.06. The van der Waals surface area contributed by atoms with Crippen LogP contribution in [0.1, 0.15) is 16.1 Å². The van der Waals surface area contributed by atoms with Gasteiger partial charge in [-0.25, -0.2) is 0 Å². The molecule has 2 aromatic carbocycles. The maximum Gasteiger partial charge on any atom is 0.168 e. The second-order valence-corrected chi connectivity index (χ2v) is 5.29. The summed E-state index contributed by atoms with van der Waals surface area (Å²) >= 11 is 0. The summed E-state index contributed by atoms with van der Waals surface area (Å²) in [5, 5.41) is 12.6. The Hall–Kier alpha value is -3.14. The summed E-state index contributed by atoms with van der Waals surface area (Å²) in [6.45, 7) is 2.04. The van der Waals surface area contributed by atoms with Crippen molar-refractivity contribution in [2.24, 2.45) is 0 Å². The van der Waals surface area contributed by atoms with E-state index < -0.39 is 0 Å². The molecule has 1 aromatic heterocycles. The van der Waals surface area contributed by atoms with Gasteiger partial charge < -0.3 is 10.4 Å². The number of nitrogens with one attached hydrogen (secondary N) is 1. The van der Waals surface area contributed by atoms with Crippen LogP contribution >= 0.6 is 0 Å². The van der Waals surface area contributed by atoms with Crippen LogP contribution in [0.15, 0.2) is 60.8 Å². The predicted molar refractivity (Wildman–Crippen MR) is 91.2 cm³/mol. The van der Waals surface area contributed by atoms with Gasteiger partial charge in [0.25, 0.3) is 0 Å². The lowest BCUT2D eigenvalue weighted by Crippen LogP contribution is -1.94. The number of phenols is 1. The standard InChI is InChI=1S/C19H16N2O2/c1-13-10-15(21-16-4-5-17(12-22)20-11-16)6-9-19(13)14-2-7-18(23)8-3-14/h2-12,21,23H,1H3. The number of carbonyl (C=O) groups excluding carboxylic acids is 1. The lowest BCUT2D eigenvalue weighted by atomic mass is 10.00. The average Bonchev–Trinajstić information content (AvgIpc) is 2.57. The average molecular weight is 304 g/mol. The third-order valence-corrected chi connectivity index (χ3v) is 3.60. The Morgan fingerprint density at radius 2 is 1.74 bits per heavy atom. The first-order valence-electron chi connectivity index (χ1n) is 7.24. The lowest BCUT2D eigenvalue weighted by molar-refractivity contribution is 0.111. The third-order valence-electron chi connectivity index (χ3n) is 3.60. The van der Waals surface area contributed by atoms with Gasteiger partial charge in [0.2, 0.25) is 0 Å². The highest BCUT2D eigenvalue weighted by Gasteiger charge is 2.04. The SMILES string of the molecule is Cc1cc(Nc2ccc(C=O)nc2)ccc1-c1ccc(O)cc1. The van der Waals surface area contributed by atoms with Crippen molar-refractivity contribution in [3.8, 4) is 16.9 Å². The van der Waals surface area contributed by atoms with Gasteiger partial charge in [0, 0.05) is 5.69 Å². The molecule has 1 heterocycles. The van der Waals surface area contributed by atoms with Crippen LogP contribution in [0.4, 0.5) is 11.4 Å². The molecule has 0 aliphatic rings. The fraction of sp³-hybridized carbons (Fsp3) is 0.0526. The summed E-state index contributed by atoms with van der Waals surface area (Å²) in [4.78, 5) is 14.7. The molecule has 3 rings (SSSR count). The highest BCUT2D eigenvalue weighted by Crippen LogP contribution is 2.28. The largest absolute Gasteiger partial charge is 0.508 e. The van der Waals surface area contributed by atoms with Crippen LogP contribution in [0, 0.1) is 6.92 Å². The van der Waals surface area contributed by atoms with E-state index in [0.717, 1.165) is 34.4 Å². The normalized spacial score (nSPS) is 10.3. The molecule has 0 bridgehead atoms. The molecule has 0 saturated heterocycles. The zero-order valence-electron chi connectivity index (χ0n) is 12.7. The summed E-state index contributed by atoms with van der Waals surface area (Å²) in [5.74, 6) is 0.260. The number of pyridine rings is 1. The molecule has 0 aliphatic heterocycles. The number of hydrogen-bond acceptors (Lipinski definition) is 4. The van der Waals surface area contributed by atoms with Crippen molar-refractivity contribution < 1.29 is 9.90 Å². The molecule has 0 spiro atoms. The minimum absolute atomic E-state index is 0.260. The molecular weight excluding hydrogens is 288 g/mol. The van der Waals surface area contributed by atoms with Gasteiger partial charge in [0.05, 0.1) is 11.9 Å². The predicted octanol–water partition coefficient (Wildman–Crippen LogP) is 4.32. The maximum absolute atomic E-state index is 10.6. The van der Waals surface area contributed by atoms with Crippen LogP contribution in [-0.4, -0.2) is 16.4 Å². The molecule has 0 radical (unpaired) electrons. The van der Waals surface area contributed by atoms with Crippen molar-refractivity contribution in [1.29, 1.82) is 0 Å². The van der Waals surface area contributed by atoms with Crippen molar-refractivity contribution in [3.05, 3.63) is 72.1 Å². The molecule has 0 aliphatic carbocycles. The highest BCUT2D eigenvalue weighted by atomic mass is 16.3. The lowest BCUT2D eigenvalue weighted by Gasteiger charge is -2.11. The second kappa shape index (κ2) is 6.32. The number of aromatic hydroxyl groups is 1. The van der Waals surface area contributed by atoms with E-state index in [2.05, 4.69) is 16.4 Å². The molecule has 4 heteroatoms. The van der Waals surface area contributed by atoms with E-state index in [9.17, 15) is 9.90 Å². The van der Waals surface area contributed by atoms with E-state index in [0.29, 0.717) is 5.69 Å². The smallest absolute Gasteiger partial charge is 0.168 e. The van der Waals surface area contributed by atoms with Gasteiger partial charge in [-0.2, -0.15) is 0 Å². The number of carbonyl (C=O) groups is 1. The maximum atomic E-state index is 10.6. The zero-order valence-corrected chi connectivity index (χ0v) is 12.7. The van der Waals surface area contributed by atoms with E-state index in [1.54, 1.807) is 24.4 Å². The molecule has 4 nitrogen and oxygen atoms in total. The minimum atomic E-state index is 0.260. The van der Waals surface area contributed by atoms with Crippen LogP contribution in [-0.2, 0) is 0 Å². The number of aromatic nitrogens is 1.